The molecule has 0 aromatic carbocycles. The van der Waals surface area contributed by atoms with Crippen molar-refractivity contribution in [3.63, 3.8) is 0 Å². The molecule has 0 atom stereocenters. The van der Waals surface area contributed by atoms with Gasteiger partial charge in [-0.25, -0.2) is 4.98 Å². The Morgan fingerprint density at radius 3 is 2.52 bits per heavy atom. The van der Waals surface area contributed by atoms with Gasteiger partial charge in [-0.2, -0.15) is 0 Å². The highest BCUT2D eigenvalue weighted by molar-refractivity contribution is 7.15. The molecule has 1 aliphatic rings. The fourth-order valence-corrected chi connectivity index (χ4v) is 3.84. The average Bonchev–Trinajstić information content (AvgIpc) is 2.83. The predicted molar refractivity (Wildman–Crippen MR) is 93.7 cm³/mol. The molecule has 1 heterocycles. The largest absolute Gasteiger partial charge is 0.330 e. The van der Waals surface area contributed by atoms with Gasteiger partial charge in [0.15, 0.2) is 5.13 Å². The Kier molecular flexibility index (Phi) is 6.57. The minimum Gasteiger partial charge on any atom is -0.330 e. The Morgan fingerprint density at radius 1 is 1.26 bits per heavy atom. The molecule has 0 radical (unpaired) electrons. The Bertz CT molecular complexity index is 531. The van der Waals surface area contributed by atoms with E-state index in [9.17, 15) is 9.59 Å². The predicted octanol–water partition coefficient (Wildman–Crippen LogP) is 3.66. The molecule has 0 unspecified atom stereocenters. The van der Waals surface area contributed by atoms with E-state index in [4.69, 9.17) is 0 Å². The van der Waals surface area contributed by atoms with Crippen molar-refractivity contribution in [2.45, 2.75) is 71.8 Å². The SMILES string of the molecule is CCCC(=O)N(CC(=O)Nc1nc(C)c(C)s1)C1CCCCC1. The number of aromatic nitrogens is 1. The number of anilines is 1. The van der Waals surface area contributed by atoms with Crippen molar-refractivity contribution < 1.29 is 9.59 Å². The number of nitrogens with one attached hydrogen (secondary N) is 1. The van der Waals surface area contributed by atoms with E-state index in [1.807, 2.05) is 20.8 Å². The maximum atomic E-state index is 12.4. The van der Waals surface area contributed by atoms with E-state index in [2.05, 4.69) is 10.3 Å². The number of aryl methyl sites for hydroxylation is 2. The third kappa shape index (κ3) is 5.03. The first-order valence-corrected chi connectivity index (χ1v) is 9.36. The van der Waals surface area contributed by atoms with Crippen molar-refractivity contribution in [3.05, 3.63) is 10.6 Å². The van der Waals surface area contributed by atoms with Crippen LogP contribution in [0.4, 0.5) is 5.13 Å². The normalized spacial score (nSPS) is 15.4. The Balaban J connectivity index is 2.00. The highest BCUT2D eigenvalue weighted by Gasteiger charge is 2.27. The van der Waals surface area contributed by atoms with Crippen LogP contribution in [-0.2, 0) is 9.59 Å². The summed E-state index contributed by atoms with van der Waals surface area (Å²) in [5, 5.41) is 3.47. The summed E-state index contributed by atoms with van der Waals surface area (Å²) < 4.78 is 0. The van der Waals surface area contributed by atoms with Crippen LogP contribution in [0.3, 0.4) is 0 Å². The van der Waals surface area contributed by atoms with Crippen LogP contribution in [-0.4, -0.2) is 34.3 Å². The van der Waals surface area contributed by atoms with Gasteiger partial charge in [0.05, 0.1) is 5.69 Å². The zero-order chi connectivity index (χ0) is 16.8. The molecule has 1 fully saturated rings. The van der Waals surface area contributed by atoms with Crippen LogP contribution in [0.1, 0.15) is 62.4 Å². The summed E-state index contributed by atoms with van der Waals surface area (Å²) in [5.41, 5.74) is 0.941. The van der Waals surface area contributed by atoms with Gasteiger partial charge in [-0.15, -0.1) is 11.3 Å². The average molecular weight is 337 g/mol. The topological polar surface area (TPSA) is 62.3 Å². The smallest absolute Gasteiger partial charge is 0.245 e. The molecule has 2 amide bonds. The van der Waals surface area contributed by atoms with Crippen LogP contribution in [0.15, 0.2) is 0 Å². The first kappa shape index (κ1) is 17.9. The molecule has 0 aliphatic heterocycles. The molecule has 1 aromatic heterocycles. The van der Waals surface area contributed by atoms with E-state index in [-0.39, 0.29) is 24.4 Å². The van der Waals surface area contributed by atoms with Crippen molar-refractivity contribution >= 4 is 28.3 Å². The van der Waals surface area contributed by atoms with E-state index in [0.717, 1.165) is 42.7 Å². The molecule has 0 saturated heterocycles. The number of carbonyl (C=O) groups is 2. The molecule has 5 nitrogen and oxygen atoms in total. The molecule has 1 saturated carbocycles. The minimum absolute atomic E-state index is 0.0982. The minimum atomic E-state index is -0.145. The molecule has 0 spiro atoms. The van der Waals surface area contributed by atoms with Gasteiger partial charge in [-0.1, -0.05) is 26.2 Å². The van der Waals surface area contributed by atoms with E-state index in [1.165, 1.54) is 17.8 Å². The lowest BCUT2D eigenvalue weighted by Gasteiger charge is -2.34. The van der Waals surface area contributed by atoms with Gasteiger partial charge in [0.2, 0.25) is 11.8 Å². The first-order valence-electron chi connectivity index (χ1n) is 8.54. The zero-order valence-electron chi connectivity index (χ0n) is 14.4. The van der Waals surface area contributed by atoms with Gasteiger partial charge >= 0.3 is 0 Å². The highest BCUT2D eigenvalue weighted by Crippen LogP contribution is 2.24. The molecule has 6 heteroatoms. The second-order valence-electron chi connectivity index (χ2n) is 6.27. The van der Waals surface area contributed by atoms with Crippen molar-refractivity contribution in [2.24, 2.45) is 0 Å². The number of nitrogens with zero attached hydrogens (tertiary/aromatic N) is 2. The second kappa shape index (κ2) is 8.43. The molecule has 0 bridgehead atoms. The summed E-state index contributed by atoms with van der Waals surface area (Å²) in [6, 6.07) is 0.216. The molecule has 1 aromatic rings. The van der Waals surface area contributed by atoms with Gasteiger partial charge in [-0.05, 0) is 33.1 Å². The van der Waals surface area contributed by atoms with E-state index < -0.39 is 0 Å². The van der Waals surface area contributed by atoms with E-state index in [0.29, 0.717) is 11.6 Å². The van der Waals surface area contributed by atoms with Crippen LogP contribution in [0.2, 0.25) is 0 Å². The highest BCUT2D eigenvalue weighted by atomic mass is 32.1. The molecule has 23 heavy (non-hydrogen) atoms. The van der Waals surface area contributed by atoms with Gasteiger partial charge in [-0.3, -0.25) is 9.59 Å². The van der Waals surface area contributed by atoms with Gasteiger partial charge < -0.3 is 10.2 Å². The molecule has 128 valence electrons. The summed E-state index contributed by atoms with van der Waals surface area (Å²) >= 11 is 1.48. The summed E-state index contributed by atoms with van der Waals surface area (Å²) in [4.78, 5) is 32.0. The van der Waals surface area contributed by atoms with Crippen molar-refractivity contribution in [2.75, 3.05) is 11.9 Å². The van der Waals surface area contributed by atoms with E-state index >= 15 is 0 Å². The standard InChI is InChI=1S/C17H27N3O2S/c1-4-8-16(22)20(14-9-6-5-7-10-14)11-15(21)19-17-18-12(2)13(3)23-17/h14H,4-11H2,1-3H3,(H,18,19,21). The van der Waals surface area contributed by atoms with Crippen LogP contribution in [0.25, 0.3) is 0 Å². The van der Waals surface area contributed by atoms with Gasteiger partial charge in [0.25, 0.3) is 0 Å². The Labute approximate surface area is 142 Å². The van der Waals surface area contributed by atoms with Gasteiger partial charge in [0, 0.05) is 17.3 Å². The number of hydrogen-bond acceptors (Lipinski definition) is 4. The summed E-state index contributed by atoms with van der Waals surface area (Å²) in [6.07, 6.45) is 6.88. The summed E-state index contributed by atoms with van der Waals surface area (Å²) in [5.74, 6) is -0.0465. The van der Waals surface area contributed by atoms with Crippen LogP contribution >= 0.6 is 11.3 Å². The van der Waals surface area contributed by atoms with Crippen molar-refractivity contribution in [1.82, 2.24) is 9.88 Å². The van der Waals surface area contributed by atoms with E-state index in [1.54, 1.807) is 4.90 Å². The number of thiazole rings is 1. The Morgan fingerprint density at radius 2 is 1.96 bits per heavy atom. The van der Waals surface area contributed by atoms with Crippen molar-refractivity contribution in [3.8, 4) is 0 Å². The molecular weight excluding hydrogens is 310 g/mol. The fourth-order valence-electron chi connectivity index (χ4n) is 3.01. The lowest BCUT2D eigenvalue weighted by atomic mass is 9.94. The van der Waals surface area contributed by atoms with Crippen LogP contribution in [0.5, 0.6) is 0 Å². The van der Waals surface area contributed by atoms with Crippen LogP contribution < -0.4 is 5.32 Å². The number of hydrogen-bond donors (Lipinski definition) is 1. The quantitative estimate of drug-likeness (QED) is 0.861. The molecule has 2 rings (SSSR count). The van der Waals surface area contributed by atoms with Crippen LogP contribution in [0, 0.1) is 13.8 Å². The van der Waals surface area contributed by atoms with Gasteiger partial charge in [0.1, 0.15) is 6.54 Å². The maximum absolute atomic E-state index is 12.4. The monoisotopic (exact) mass is 337 g/mol. The third-order valence-corrected chi connectivity index (χ3v) is 5.38. The molecular formula is C17H27N3O2S. The third-order valence-electron chi connectivity index (χ3n) is 4.39. The second-order valence-corrected chi connectivity index (χ2v) is 7.48. The maximum Gasteiger partial charge on any atom is 0.245 e. The summed E-state index contributed by atoms with van der Waals surface area (Å²) in [6.45, 7) is 6.06. The number of carbonyl (C=O) groups excluding carboxylic acids is 2. The first-order chi connectivity index (χ1) is 11.0. The number of amides is 2. The summed E-state index contributed by atoms with van der Waals surface area (Å²) in [7, 11) is 0. The fraction of sp³-hybridized carbons (Fsp3) is 0.706. The lowest BCUT2D eigenvalue weighted by molar-refractivity contribution is -0.137. The lowest BCUT2D eigenvalue weighted by Crippen LogP contribution is -2.45. The molecule has 1 N–H and O–H groups in total. The Hall–Kier alpha value is -1.43. The van der Waals surface area contributed by atoms with Crippen molar-refractivity contribution in [1.29, 1.82) is 0 Å². The zero-order valence-corrected chi connectivity index (χ0v) is 15.2. The molecule has 1 aliphatic carbocycles. The number of rotatable bonds is 6.